The van der Waals surface area contributed by atoms with E-state index in [0.717, 1.165) is 25.2 Å². The van der Waals surface area contributed by atoms with Gasteiger partial charge in [0, 0.05) is 32.4 Å². The molecule has 0 aromatic carbocycles. The summed E-state index contributed by atoms with van der Waals surface area (Å²) in [7, 11) is 0. The summed E-state index contributed by atoms with van der Waals surface area (Å²) in [5.41, 5.74) is 0.921. The molecule has 0 radical (unpaired) electrons. The Kier molecular flexibility index (Phi) is 5.16. The van der Waals surface area contributed by atoms with Gasteiger partial charge in [0.2, 0.25) is 5.91 Å². The molecule has 1 aromatic rings. The smallest absolute Gasteiger partial charge is 0.328 e. The quantitative estimate of drug-likeness (QED) is 0.540. The zero-order valence-corrected chi connectivity index (χ0v) is 15.5. The second kappa shape index (κ2) is 7.89. The average molecular weight is 384 g/mol. The Bertz CT molecular complexity index is 809. The summed E-state index contributed by atoms with van der Waals surface area (Å²) in [5.74, 6) is 0.945. The molecule has 1 aromatic heterocycles. The van der Waals surface area contributed by atoms with Gasteiger partial charge in [-0.25, -0.2) is 9.78 Å². The molecule has 1 saturated heterocycles. The number of rotatable bonds is 5. The lowest BCUT2D eigenvalue weighted by atomic mass is 10.1. The molecule has 3 amide bonds. The number of carbonyl (C=O) groups excluding carboxylic acids is 2. The topological polar surface area (TPSA) is 110 Å². The number of urea groups is 1. The van der Waals surface area contributed by atoms with Gasteiger partial charge in [-0.2, -0.15) is 0 Å². The summed E-state index contributed by atoms with van der Waals surface area (Å²) in [6, 6.07) is 4.55. The Balaban J connectivity index is 1.52. The Morgan fingerprint density at radius 3 is 3.04 bits per heavy atom. The van der Waals surface area contributed by atoms with Crippen molar-refractivity contribution in [1.82, 2.24) is 25.4 Å². The number of hydrogen-bond acceptors (Lipinski definition) is 6. The Labute approximate surface area is 163 Å². The number of fused-ring (bicyclic) bond motifs is 3. The van der Waals surface area contributed by atoms with E-state index < -0.39 is 6.04 Å². The van der Waals surface area contributed by atoms with Crippen LogP contribution in [0.3, 0.4) is 0 Å². The molecule has 1 fully saturated rings. The van der Waals surface area contributed by atoms with Crippen molar-refractivity contribution in [2.45, 2.75) is 24.9 Å². The molecular weight excluding hydrogens is 360 g/mol. The van der Waals surface area contributed by atoms with Gasteiger partial charge >= 0.3 is 6.03 Å². The number of nitrogens with zero attached hydrogens (tertiary/aromatic N) is 3. The van der Waals surface area contributed by atoms with E-state index in [2.05, 4.69) is 25.8 Å². The van der Waals surface area contributed by atoms with E-state index in [9.17, 15) is 9.59 Å². The zero-order chi connectivity index (χ0) is 19.5. The second-order valence-corrected chi connectivity index (χ2v) is 6.99. The van der Waals surface area contributed by atoms with Crippen LogP contribution in [0.4, 0.5) is 10.6 Å². The van der Waals surface area contributed by atoms with Crippen LogP contribution >= 0.6 is 0 Å². The van der Waals surface area contributed by atoms with Gasteiger partial charge in [0.25, 0.3) is 0 Å². The van der Waals surface area contributed by atoms with E-state index in [0.29, 0.717) is 24.6 Å². The SMILES string of the molecule is O=C(NCCCO)C1C=CC2=C(N1)N(C(=O)Nc1ccccn1)[C@H]1CCN2C1. The number of nitrogens with one attached hydrogen (secondary N) is 3. The lowest BCUT2D eigenvalue weighted by Crippen LogP contribution is -2.56. The van der Waals surface area contributed by atoms with Crippen LogP contribution in [-0.4, -0.2) is 70.2 Å². The van der Waals surface area contributed by atoms with E-state index in [4.69, 9.17) is 5.11 Å². The van der Waals surface area contributed by atoms with Crippen molar-refractivity contribution >= 4 is 17.8 Å². The van der Waals surface area contributed by atoms with E-state index in [-0.39, 0.29) is 24.6 Å². The van der Waals surface area contributed by atoms with Crippen molar-refractivity contribution in [2.75, 3.05) is 31.6 Å². The summed E-state index contributed by atoms with van der Waals surface area (Å²) in [4.78, 5) is 33.6. The van der Waals surface area contributed by atoms with Gasteiger partial charge in [-0.3, -0.25) is 15.0 Å². The number of aromatic nitrogens is 1. The van der Waals surface area contributed by atoms with Gasteiger partial charge in [-0.15, -0.1) is 0 Å². The van der Waals surface area contributed by atoms with Crippen LogP contribution in [0.5, 0.6) is 0 Å². The molecule has 148 valence electrons. The van der Waals surface area contributed by atoms with Crippen molar-refractivity contribution in [3.8, 4) is 0 Å². The highest BCUT2D eigenvalue weighted by atomic mass is 16.3. The van der Waals surface area contributed by atoms with E-state index in [1.807, 2.05) is 12.1 Å². The van der Waals surface area contributed by atoms with Gasteiger partial charge in [0.15, 0.2) is 0 Å². The van der Waals surface area contributed by atoms with Gasteiger partial charge in [-0.1, -0.05) is 12.1 Å². The van der Waals surface area contributed by atoms with Crippen LogP contribution in [0, 0.1) is 0 Å². The van der Waals surface area contributed by atoms with Gasteiger partial charge < -0.3 is 20.6 Å². The molecule has 1 unspecified atom stereocenters. The molecule has 28 heavy (non-hydrogen) atoms. The van der Waals surface area contributed by atoms with Crippen molar-refractivity contribution in [2.24, 2.45) is 0 Å². The van der Waals surface area contributed by atoms with E-state index in [1.165, 1.54) is 0 Å². The van der Waals surface area contributed by atoms with E-state index in [1.54, 1.807) is 29.3 Å². The van der Waals surface area contributed by atoms with Crippen LogP contribution < -0.4 is 16.0 Å². The molecule has 4 rings (SSSR count). The van der Waals surface area contributed by atoms with Crippen LogP contribution in [0.2, 0.25) is 0 Å². The Morgan fingerprint density at radius 2 is 2.25 bits per heavy atom. The first-order chi connectivity index (χ1) is 13.7. The second-order valence-electron chi connectivity index (χ2n) is 6.99. The minimum absolute atomic E-state index is 0.0294. The maximum absolute atomic E-state index is 13.0. The lowest BCUT2D eigenvalue weighted by molar-refractivity contribution is -0.122. The summed E-state index contributed by atoms with van der Waals surface area (Å²) in [6.07, 6.45) is 6.71. The summed E-state index contributed by atoms with van der Waals surface area (Å²) in [5, 5.41) is 17.7. The predicted molar refractivity (Wildman–Crippen MR) is 103 cm³/mol. The maximum Gasteiger partial charge on any atom is 0.328 e. The van der Waals surface area contributed by atoms with Crippen LogP contribution in [0.1, 0.15) is 12.8 Å². The predicted octanol–water partition coefficient (Wildman–Crippen LogP) is 0.199. The first-order valence-electron chi connectivity index (χ1n) is 9.51. The number of aliphatic hydroxyl groups is 1. The van der Waals surface area contributed by atoms with Crippen LogP contribution in [0.15, 0.2) is 48.1 Å². The molecule has 3 aliphatic rings. The van der Waals surface area contributed by atoms with Crippen LogP contribution in [0.25, 0.3) is 0 Å². The fourth-order valence-electron chi connectivity index (χ4n) is 3.77. The number of amides is 3. The average Bonchev–Trinajstić information content (AvgIpc) is 3.13. The molecule has 9 heteroatoms. The number of aliphatic hydroxyl groups excluding tert-OH is 1. The van der Waals surface area contributed by atoms with Gasteiger partial charge in [-0.05, 0) is 31.1 Å². The molecule has 2 atom stereocenters. The van der Waals surface area contributed by atoms with Gasteiger partial charge in [0.1, 0.15) is 17.7 Å². The third-order valence-corrected chi connectivity index (χ3v) is 5.13. The minimum Gasteiger partial charge on any atom is -0.396 e. The van der Waals surface area contributed by atoms with E-state index >= 15 is 0 Å². The first-order valence-corrected chi connectivity index (χ1v) is 9.51. The summed E-state index contributed by atoms with van der Waals surface area (Å²) >= 11 is 0. The number of anilines is 1. The summed E-state index contributed by atoms with van der Waals surface area (Å²) < 4.78 is 0. The molecule has 4 N–H and O–H groups in total. The number of allylic oxidation sites excluding steroid dienone is 1. The van der Waals surface area contributed by atoms with Gasteiger partial charge in [0.05, 0.1) is 11.7 Å². The molecule has 0 aliphatic carbocycles. The standard InChI is InChI=1S/C19H24N6O3/c26-11-3-9-21-18(27)14-5-6-15-17(22-14)25(13-7-10-24(15)12-13)19(28)23-16-4-1-2-8-20-16/h1-2,4-6,8,13-14,22,26H,3,7,9-12H2,(H,21,27)(H,20,23,28)/t13-,14?/m0/s1. The third kappa shape index (κ3) is 3.53. The highest BCUT2D eigenvalue weighted by molar-refractivity contribution is 5.91. The number of pyridine rings is 1. The zero-order valence-electron chi connectivity index (χ0n) is 15.5. The summed E-state index contributed by atoms with van der Waals surface area (Å²) in [6.45, 7) is 2.08. The molecule has 9 nitrogen and oxygen atoms in total. The Morgan fingerprint density at radius 1 is 1.36 bits per heavy atom. The van der Waals surface area contributed by atoms with Crippen molar-refractivity contribution in [3.05, 3.63) is 48.1 Å². The lowest BCUT2D eigenvalue weighted by Gasteiger charge is -2.40. The normalized spacial score (nSPS) is 22.6. The fraction of sp³-hybridized carbons (Fsp3) is 0.421. The molecule has 3 aliphatic heterocycles. The molecular formula is C19H24N6O3. The third-order valence-electron chi connectivity index (χ3n) is 5.13. The number of carbonyl (C=O) groups is 2. The van der Waals surface area contributed by atoms with Crippen molar-refractivity contribution in [3.63, 3.8) is 0 Å². The first kappa shape index (κ1) is 18.3. The molecule has 2 bridgehead atoms. The largest absolute Gasteiger partial charge is 0.396 e. The molecule has 4 heterocycles. The minimum atomic E-state index is -0.568. The van der Waals surface area contributed by atoms with Crippen LogP contribution in [-0.2, 0) is 4.79 Å². The molecule has 0 spiro atoms. The monoisotopic (exact) mass is 384 g/mol. The Hall–Kier alpha value is -3.07. The number of hydrogen-bond donors (Lipinski definition) is 4. The fourth-order valence-corrected chi connectivity index (χ4v) is 3.77. The highest BCUT2D eigenvalue weighted by Gasteiger charge is 2.42. The highest BCUT2D eigenvalue weighted by Crippen LogP contribution is 2.33. The molecule has 0 saturated carbocycles. The van der Waals surface area contributed by atoms with Crippen molar-refractivity contribution < 1.29 is 14.7 Å². The maximum atomic E-state index is 13.0. The number of dihydropyridines is 1. The van der Waals surface area contributed by atoms with Crippen molar-refractivity contribution in [1.29, 1.82) is 0 Å².